The first-order valence-corrected chi connectivity index (χ1v) is 6.38. The average molecular weight is 281 g/mol. The van der Waals surface area contributed by atoms with E-state index in [0.29, 0.717) is 22.8 Å². The average Bonchev–Trinajstić information content (AvgIpc) is 3.09. The van der Waals surface area contributed by atoms with Crippen molar-refractivity contribution in [3.63, 3.8) is 0 Å². The Hall–Kier alpha value is -3.03. The lowest BCUT2D eigenvalue weighted by Gasteiger charge is -2.09. The van der Waals surface area contributed by atoms with Gasteiger partial charge in [0, 0.05) is 5.69 Å². The molecule has 4 aromatic rings. The molecule has 0 aliphatic heterocycles. The molecule has 8 heteroatoms. The van der Waals surface area contributed by atoms with Gasteiger partial charge >= 0.3 is 0 Å². The molecule has 0 aliphatic carbocycles. The summed E-state index contributed by atoms with van der Waals surface area (Å²) in [5.41, 5.74) is 4.73. The van der Waals surface area contributed by atoms with Crippen LogP contribution in [-0.2, 0) is 0 Å². The van der Waals surface area contributed by atoms with Crippen LogP contribution in [0, 0.1) is 13.8 Å². The number of hydrogen-bond donors (Lipinski definition) is 1. The first-order chi connectivity index (χ1) is 10.2. The van der Waals surface area contributed by atoms with Gasteiger partial charge in [-0.25, -0.2) is 9.61 Å². The molecule has 4 rings (SSSR count). The van der Waals surface area contributed by atoms with Crippen molar-refractivity contribution in [1.82, 2.24) is 29.9 Å². The van der Waals surface area contributed by atoms with Gasteiger partial charge in [0.15, 0.2) is 5.82 Å². The Bertz CT molecular complexity index is 956. The van der Waals surface area contributed by atoms with E-state index in [1.54, 1.807) is 10.7 Å². The highest BCUT2D eigenvalue weighted by molar-refractivity contribution is 5.79. The summed E-state index contributed by atoms with van der Waals surface area (Å²) in [6.45, 7) is 4.09. The third-order valence-electron chi connectivity index (χ3n) is 3.30. The van der Waals surface area contributed by atoms with E-state index in [2.05, 4.69) is 43.8 Å². The van der Waals surface area contributed by atoms with Gasteiger partial charge in [-0.05, 0) is 35.8 Å². The summed E-state index contributed by atoms with van der Waals surface area (Å²) in [5.74, 6) is 0.558. The predicted octanol–water partition coefficient (Wildman–Crippen LogP) is 2.02. The number of aromatic nitrogens is 6. The number of aryl methyl sites for hydroxylation is 2. The van der Waals surface area contributed by atoms with Crippen molar-refractivity contribution in [3.8, 4) is 0 Å². The maximum Gasteiger partial charge on any atom is 0.244 e. The summed E-state index contributed by atoms with van der Waals surface area (Å²) in [4.78, 5) is 4.39. The summed E-state index contributed by atoms with van der Waals surface area (Å²) < 4.78 is 6.41. The van der Waals surface area contributed by atoms with Crippen LogP contribution in [0.4, 0.5) is 11.5 Å². The number of anilines is 2. The number of nitrogens with one attached hydrogen (secondary N) is 1. The van der Waals surface area contributed by atoms with Crippen molar-refractivity contribution >= 4 is 28.4 Å². The quantitative estimate of drug-likeness (QED) is 0.600. The van der Waals surface area contributed by atoms with Crippen molar-refractivity contribution in [2.24, 2.45) is 0 Å². The van der Waals surface area contributed by atoms with Crippen molar-refractivity contribution in [2.45, 2.75) is 13.8 Å². The Balaban J connectivity index is 1.90. The zero-order valence-electron chi connectivity index (χ0n) is 11.4. The largest absolute Gasteiger partial charge is 0.337 e. The summed E-state index contributed by atoms with van der Waals surface area (Å²) in [5, 5.41) is 18.8. The number of hydrogen-bond acceptors (Lipinski definition) is 7. The van der Waals surface area contributed by atoms with Gasteiger partial charge in [-0.3, -0.25) is 4.40 Å². The molecule has 0 saturated carbocycles. The van der Waals surface area contributed by atoms with E-state index >= 15 is 0 Å². The van der Waals surface area contributed by atoms with E-state index in [9.17, 15) is 0 Å². The molecule has 104 valence electrons. The van der Waals surface area contributed by atoms with Crippen molar-refractivity contribution in [2.75, 3.05) is 5.32 Å². The van der Waals surface area contributed by atoms with Crippen LogP contribution in [-0.4, -0.2) is 29.9 Å². The molecule has 0 atom stereocenters. The van der Waals surface area contributed by atoms with Gasteiger partial charge in [-0.15, -0.1) is 10.2 Å². The molecule has 0 aliphatic rings. The molecule has 0 saturated heterocycles. The summed E-state index contributed by atoms with van der Waals surface area (Å²) in [6.07, 6.45) is 1.55. The smallest absolute Gasteiger partial charge is 0.244 e. The molecule has 0 bridgehead atoms. The Morgan fingerprint density at radius 2 is 2.05 bits per heavy atom. The second-order valence-corrected chi connectivity index (χ2v) is 4.84. The molecule has 21 heavy (non-hydrogen) atoms. The van der Waals surface area contributed by atoms with Crippen LogP contribution in [0.25, 0.3) is 16.9 Å². The fourth-order valence-corrected chi connectivity index (χ4v) is 2.27. The molecule has 3 aromatic heterocycles. The number of fused-ring (bicyclic) bond motifs is 3. The topological polar surface area (TPSA) is 94.0 Å². The molecule has 3 heterocycles. The Kier molecular flexibility index (Phi) is 2.37. The highest BCUT2D eigenvalue weighted by Gasteiger charge is 2.14. The lowest BCUT2D eigenvalue weighted by atomic mass is 10.1. The van der Waals surface area contributed by atoms with E-state index < -0.39 is 0 Å². The summed E-state index contributed by atoms with van der Waals surface area (Å²) >= 11 is 0. The molecule has 0 unspecified atom stereocenters. The second kappa shape index (κ2) is 4.23. The van der Waals surface area contributed by atoms with Crippen LogP contribution >= 0.6 is 0 Å². The van der Waals surface area contributed by atoms with Gasteiger partial charge in [0.05, 0.1) is 0 Å². The Morgan fingerprint density at radius 1 is 1.14 bits per heavy atom. The molecule has 0 radical (unpaired) electrons. The van der Waals surface area contributed by atoms with Gasteiger partial charge < -0.3 is 5.32 Å². The van der Waals surface area contributed by atoms with E-state index in [0.717, 1.165) is 11.3 Å². The zero-order valence-corrected chi connectivity index (χ0v) is 11.4. The Labute approximate surface area is 118 Å². The monoisotopic (exact) mass is 281 g/mol. The van der Waals surface area contributed by atoms with Crippen LogP contribution in [0.15, 0.2) is 29.2 Å². The van der Waals surface area contributed by atoms with E-state index in [-0.39, 0.29) is 0 Å². The molecule has 1 aromatic carbocycles. The van der Waals surface area contributed by atoms with Crippen LogP contribution in [0.2, 0.25) is 0 Å². The SMILES string of the molecule is Cc1ccc(Nc2nc3nonc3n3cnnc23)c(C)c1. The third kappa shape index (κ3) is 1.80. The van der Waals surface area contributed by atoms with Crippen molar-refractivity contribution in [3.05, 3.63) is 35.7 Å². The van der Waals surface area contributed by atoms with Crippen molar-refractivity contribution in [1.29, 1.82) is 0 Å². The molecule has 0 fully saturated rings. The molecular formula is C13H11N7O. The van der Waals surface area contributed by atoms with E-state index in [1.165, 1.54) is 5.56 Å². The minimum Gasteiger partial charge on any atom is -0.337 e. The second-order valence-electron chi connectivity index (χ2n) is 4.84. The number of nitrogens with zero attached hydrogens (tertiary/aromatic N) is 6. The first-order valence-electron chi connectivity index (χ1n) is 6.38. The maximum atomic E-state index is 4.72. The van der Waals surface area contributed by atoms with Crippen LogP contribution in [0.5, 0.6) is 0 Å². The molecule has 1 N–H and O–H groups in total. The van der Waals surface area contributed by atoms with Crippen LogP contribution < -0.4 is 5.32 Å². The minimum atomic E-state index is 0.398. The lowest BCUT2D eigenvalue weighted by Crippen LogP contribution is -2.01. The highest BCUT2D eigenvalue weighted by atomic mass is 16.6. The standard InChI is InChI=1S/C13H11N7O/c1-7-3-4-9(8(2)5-7)15-10-12-17-14-6-20(12)13-11(16-10)18-21-19-13/h3-6H,1-2H3,(H,15,16,18). The van der Waals surface area contributed by atoms with Gasteiger partial charge in [0.25, 0.3) is 0 Å². The zero-order chi connectivity index (χ0) is 14.4. The van der Waals surface area contributed by atoms with Gasteiger partial charge in [-0.1, -0.05) is 17.7 Å². The molecule has 0 amide bonds. The molecule has 8 nitrogen and oxygen atoms in total. The summed E-state index contributed by atoms with van der Waals surface area (Å²) in [6, 6.07) is 6.14. The lowest BCUT2D eigenvalue weighted by molar-refractivity contribution is 0.314. The first kappa shape index (κ1) is 11.8. The normalized spacial score (nSPS) is 11.3. The number of benzene rings is 1. The molecular weight excluding hydrogens is 270 g/mol. The van der Waals surface area contributed by atoms with Crippen LogP contribution in [0.1, 0.15) is 11.1 Å². The highest BCUT2D eigenvalue weighted by Crippen LogP contribution is 2.24. The third-order valence-corrected chi connectivity index (χ3v) is 3.30. The van der Waals surface area contributed by atoms with Crippen molar-refractivity contribution < 1.29 is 4.63 Å². The molecule has 0 spiro atoms. The predicted molar refractivity (Wildman–Crippen MR) is 75.3 cm³/mol. The fourth-order valence-electron chi connectivity index (χ4n) is 2.27. The number of rotatable bonds is 2. The van der Waals surface area contributed by atoms with Crippen LogP contribution in [0.3, 0.4) is 0 Å². The Morgan fingerprint density at radius 3 is 2.90 bits per heavy atom. The van der Waals surface area contributed by atoms with Gasteiger partial charge in [-0.2, -0.15) is 0 Å². The van der Waals surface area contributed by atoms with E-state index in [4.69, 9.17) is 4.63 Å². The van der Waals surface area contributed by atoms with E-state index in [1.807, 2.05) is 19.1 Å². The van der Waals surface area contributed by atoms with Gasteiger partial charge in [0.1, 0.15) is 6.33 Å². The maximum absolute atomic E-state index is 4.72. The fraction of sp³-hybridized carbons (Fsp3) is 0.154. The summed E-state index contributed by atoms with van der Waals surface area (Å²) in [7, 11) is 0. The van der Waals surface area contributed by atoms with Gasteiger partial charge in [0.2, 0.25) is 16.9 Å². The minimum absolute atomic E-state index is 0.398.